The summed E-state index contributed by atoms with van der Waals surface area (Å²) in [5.74, 6) is -0.298. The first kappa shape index (κ1) is 20.3. The Balaban J connectivity index is 1.46. The lowest BCUT2D eigenvalue weighted by Crippen LogP contribution is -2.42. The average molecular weight is 435 g/mol. The first-order chi connectivity index (χ1) is 13.7. The molecule has 4 rings (SSSR count). The molecule has 1 fully saturated rings. The Hall–Kier alpha value is -2.03. The molecular formula is C21H23FN2O3S2. The molecule has 0 unspecified atom stereocenters. The Morgan fingerprint density at radius 2 is 1.76 bits per heavy atom. The van der Waals surface area contributed by atoms with E-state index in [4.69, 9.17) is 4.74 Å². The van der Waals surface area contributed by atoms with E-state index in [0.29, 0.717) is 41.5 Å². The molecular weight excluding hydrogens is 411 g/mol. The van der Waals surface area contributed by atoms with E-state index in [9.17, 15) is 12.8 Å². The monoisotopic (exact) mass is 434 g/mol. The van der Waals surface area contributed by atoms with Gasteiger partial charge < -0.3 is 4.74 Å². The molecule has 29 heavy (non-hydrogen) atoms. The molecule has 0 bridgehead atoms. The van der Waals surface area contributed by atoms with Crippen LogP contribution in [0.1, 0.15) is 29.5 Å². The maximum atomic E-state index is 13.4. The van der Waals surface area contributed by atoms with Crippen molar-refractivity contribution in [2.45, 2.75) is 44.6 Å². The summed E-state index contributed by atoms with van der Waals surface area (Å²) >= 11 is 1.31. The SMILES string of the molecule is Cc1cc(C)c(S(=O)(=O)N2CCC(Oc3nc4ccc(F)cc4s3)CC2)c(C)c1. The number of nitrogens with zero attached hydrogens (tertiary/aromatic N) is 2. The lowest BCUT2D eigenvalue weighted by atomic mass is 10.1. The van der Waals surface area contributed by atoms with Gasteiger partial charge in [-0.15, -0.1) is 0 Å². The number of rotatable bonds is 4. The van der Waals surface area contributed by atoms with E-state index in [1.165, 1.54) is 23.5 Å². The van der Waals surface area contributed by atoms with Gasteiger partial charge >= 0.3 is 0 Å². The largest absolute Gasteiger partial charge is 0.467 e. The van der Waals surface area contributed by atoms with Gasteiger partial charge in [-0.3, -0.25) is 0 Å². The third-order valence-electron chi connectivity index (χ3n) is 5.20. The molecule has 154 valence electrons. The van der Waals surface area contributed by atoms with Gasteiger partial charge in [0, 0.05) is 13.1 Å². The minimum absolute atomic E-state index is 0.105. The molecule has 0 N–H and O–H groups in total. The van der Waals surface area contributed by atoms with Gasteiger partial charge in [0.05, 0.1) is 15.1 Å². The molecule has 0 spiro atoms. The fourth-order valence-electron chi connectivity index (χ4n) is 3.96. The summed E-state index contributed by atoms with van der Waals surface area (Å²) in [5.41, 5.74) is 3.32. The summed E-state index contributed by atoms with van der Waals surface area (Å²) in [6.07, 6.45) is 1.08. The van der Waals surface area contributed by atoms with E-state index in [2.05, 4.69) is 4.98 Å². The van der Waals surface area contributed by atoms with Crippen molar-refractivity contribution >= 4 is 31.6 Å². The highest BCUT2D eigenvalue weighted by Gasteiger charge is 2.32. The van der Waals surface area contributed by atoms with Crippen LogP contribution in [0.5, 0.6) is 5.19 Å². The predicted octanol–water partition coefficient (Wildman–Crippen LogP) is 4.59. The molecule has 0 aliphatic carbocycles. The zero-order valence-corrected chi connectivity index (χ0v) is 18.2. The van der Waals surface area contributed by atoms with E-state index >= 15 is 0 Å². The van der Waals surface area contributed by atoms with Crippen LogP contribution in [0.3, 0.4) is 0 Å². The van der Waals surface area contributed by atoms with Crippen molar-refractivity contribution in [2.75, 3.05) is 13.1 Å². The van der Waals surface area contributed by atoms with Gasteiger partial charge in [-0.1, -0.05) is 29.0 Å². The highest BCUT2D eigenvalue weighted by molar-refractivity contribution is 7.89. The summed E-state index contributed by atoms with van der Waals surface area (Å²) in [4.78, 5) is 4.81. The Bertz CT molecular complexity index is 1140. The maximum Gasteiger partial charge on any atom is 0.274 e. The van der Waals surface area contributed by atoms with E-state index in [1.807, 2.05) is 32.9 Å². The number of hydrogen-bond donors (Lipinski definition) is 0. The standard InChI is InChI=1S/C21H23FN2O3S2/c1-13-10-14(2)20(15(3)11-13)29(25,26)24-8-6-17(7-9-24)27-21-23-18-5-4-16(22)12-19(18)28-21/h4-5,10-12,17H,6-9H2,1-3H3. The number of benzene rings is 2. The van der Waals surface area contributed by atoms with Crippen LogP contribution in [0.15, 0.2) is 35.2 Å². The van der Waals surface area contributed by atoms with Crippen LogP contribution < -0.4 is 4.74 Å². The summed E-state index contributed by atoms with van der Waals surface area (Å²) in [7, 11) is -3.54. The third-order valence-corrected chi connectivity index (χ3v) is 8.32. The van der Waals surface area contributed by atoms with Crippen LogP contribution in [0, 0.1) is 26.6 Å². The molecule has 3 aromatic rings. The second kappa shape index (κ2) is 7.66. The smallest absolute Gasteiger partial charge is 0.274 e. The van der Waals surface area contributed by atoms with Gasteiger partial charge in [-0.25, -0.2) is 17.8 Å². The Morgan fingerprint density at radius 3 is 2.41 bits per heavy atom. The maximum absolute atomic E-state index is 13.4. The van der Waals surface area contributed by atoms with Crippen molar-refractivity contribution in [2.24, 2.45) is 0 Å². The molecule has 0 amide bonds. The van der Waals surface area contributed by atoms with Crippen molar-refractivity contribution in [3.8, 4) is 5.19 Å². The zero-order valence-electron chi connectivity index (χ0n) is 16.6. The minimum atomic E-state index is -3.54. The summed E-state index contributed by atoms with van der Waals surface area (Å²) in [6, 6.07) is 8.28. The summed E-state index contributed by atoms with van der Waals surface area (Å²) < 4.78 is 48.0. The van der Waals surface area contributed by atoms with Gasteiger partial charge in [0.1, 0.15) is 11.9 Å². The second-order valence-electron chi connectivity index (χ2n) is 7.54. The number of fused-ring (bicyclic) bond motifs is 1. The van der Waals surface area contributed by atoms with Crippen molar-refractivity contribution in [1.29, 1.82) is 0 Å². The van der Waals surface area contributed by atoms with Crippen LogP contribution >= 0.6 is 11.3 Å². The number of piperidine rings is 1. The van der Waals surface area contributed by atoms with Gasteiger partial charge in [-0.2, -0.15) is 4.31 Å². The van der Waals surface area contributed by atoms with Crippen molar-refractivity contribution < 1.29 is 17.5 Å². The molecule has 1 aliphatic rings. The first-order valence-corrected chi connectivity index (χ1v) is 11.8. The number of aryl methyl sites for hydroxylation is 3. The molecule has 1 saturated heterocycles. The fraction of sp³-hybridized carbons (Fsp3) is 0.381. The summed E-state index contributed by atoms with van der Waals surface area (Å²) in [6.45, 7) is 6.46. The predicted molar refractivity (Wildman–Crippen MR) is 113 cm³/mol. The van der Waals surface area contributed by atoms with Crippen LogP contribution in [0.4, 0.5) is 4.39 Å². The molecule has 1 aliphatic heterocycles. The molecule has 2 heterocycles. The molecule has 2 aromatic carbocycles. The normalized spacial score (nSPS) is 16.4. The van der Waals surface area contributed by atoms with Crippen LogP contribution in [-0.4, -0.2) is 36.9 Å². The number of ether oxygens (including phenoxy) is 1. The lowest BCUT2D eigenvalue weighted by molar-refractivity contribution is 0.135. The van der Waals surface area contributed by atoms with Crippen LogP contribution in [-0.2, 0) is 10.0 Å². The van der Waals surface area contributed by atoms with E-state index < -0.39 is 10.0 Å². The lowest BCUT2D eigenvalue weighted by Gasteiger charge is -2.31. The second-order valence-corrected chi connectivity index (χ2v) is 10.4. The molecule has 0 radical (unpaired) electrons. The fourth-order valence-corrected chi connectivity index (χ4v) is 6.75. The molecule has 1 aromatic heterocycles. The van der Waals surface area contributed by atoms with Crippen LogP contribution in [0.2, 0.25) is 0 Å². The molecule has 0 saturated carbocycles. The van der Waals surface area contributed by atoms with E-state index in [0.717, 1.165) is 21.4 Å². The summed E-state index contributed by atoms with van der Waals surface area (Å²) in [5, 5.41) is 0.497. The first-order valence-electron chi connectivity index (χ1n) is 9.55. The van der Waals surface area contributed by atoms with Gasteiger partial charge in [0.25, 0.3) is 5.19 Å². The Morgan fingerprint density at radius 1 is 1.10 bits per heavy atom. The third kappa shape index (κ3) is 4.01. The van der Waals surface area contributed by atoms with Crippen molar-refractivity contribution in [3.63, 3.8) is 0 Å². The van der Waals surface area contributed by atoms with Gasteiger partial charge in [0.15, 0.2) is 0 Å². The van der Waals surface area contributed by atoms with E-state index in [-0.39, 0.29) is 11.9 Å². The van der Waals surface area contributed by atoms with E-state index in [1.54, 1.807) is 10.4 Å². The van der Waals surface area contributed by atoms with Crippen molar-refractivity contribution in [1.82, 2.24) is 9.29 Å². The number of hydrogen-bond acceptors (Lipinski definition) is 5. The highest BCUT2D eigenvalue weighted by atomic mass is 32.2. The zero-order chi connectivity index (χ0) is 20.8. The number of aromatic nitrogens is 1. The average Bonchev–Trinajstić information content (AvgIpc) is 3.02. The Labute approximate surface area is 174 Å². The van der Waals surface area contributed by atoms with Crippen LogP contribution in [0.25, 0.3) is 10.2 Å². The van der Waals surface area contributed by atoms with Gasteiger partial charge in [-0.05, 0) is 62.9 Å². The quantitative estimate of drug-likeness (QED) is 0.603. The van der Waals surface area contributed by atoms with Crippen molar-refractivity contribution in [3.05, 3.63) is 52.8 Å². The molecule has 0 atom stereocenters. The number of halogens is 1. The Kier molecular flexibility index (Phi) is 5.35. The van der Waals surface area contributed by atoms with Gasteiger partial charge in [0.2, 0.25) is 10.0 Å². The minimum Gasteiger partial charge on any atom is -0.467 e. The molecule has 5 nitrogen and oxygen atoms in total. The highest BCUT2D eigenvalue weighted by Crippen LogP contribution is 2.32. The number of thiazole rings is 1. The topological polar surface area (TPSA) is 59.5 Å². The number of sulfonamides is 1. The molecule has 8 heteroatoms.